The Hall–Kier alpha value is -2.45. The normalized spacial score (nSPS) is 12.4. The van der Waals surface area contributed by atoms with Crippen molar-refractivity contribution >= 4 is 6.09 Å². The van der Waals surface area contributed by atoms with E-state index in [1.807, 2.05) is 24.3 Å². The molecule has 2 aromatic rings. The number of nitrogens with one attached hydrogen (secondary N) is 1. The quantitative estimate of drug-likeness (QED) is 0.465. The first-order valence-electron chi connectivity index (χ1n) is 10.6. The van der Waals surface area contributed by atoms with Gasteiger partial charge in [0, 0.05) is 19.6 Å². The molecule has 1 aliphatic rings. The third-order valence-corrected chi connectivity index (χ3v) is 5.04. The summed E-state index contributed by atoms with van der Waals surface area (Å²) in [4.78, 5) is 12.1. The number of carbonyl (C=O) groups excluding carboxylic acids is 1. The van der Waals surface area contributed by atoms with E-state index in [0.29, 0.717) is 59.4 Å². The van der Waals surface area contributed by atoms with Gasteiger partial charge in [-0.15, -0.1) is 0 Å². The lowest BCUT2D eigenvalue weighted by Crippen LogP contribution is -2.29. The zero-order valence-electron chi connectivity index (χ0n) is 18.0. The van der Waals surface area contributed by atoms with E-state index in [9.17, 15) is 4.79 Å². The minimum atomic E-state index is -0.435. The van der Waals surface area contributed by atoms with Gasteiger partial charge in [-0.3, -0.25) is 0 Å². The SMILES string of the molecule is COCCOCCOCCOCCNC(=O)OCC1c2ccccc2-c2ccccc21. The molecule has 0 aliphatic heterocycles. The van der Waals surface area contributed by atoms with Crippen molar-refractivity contribution in [2.45, 2.75) is 5.92 Å². The van der Waals surface area contributed by atoms with Crippen LogP contribution in [0.5, 0.6) is 0 Å². The van der Waals surface area contributed by atoms with Gasteiger partial charge in [-0.1, -0.05) is 48.5 Å². The number of alkyl carbamates (subject to hydrolysis) is 1. The second-order valence-electron chi connectivity index (χ2n) is 7.08. The number of fused-ring (bicyclic) bond motifs is 3. The van der Waals surface area contributed by atoms with Crippen molar-refractivity contribution in [3.05, 3.63) is 59.7 Å². The Bertz CT molecular complexity index is 767. The van der Waals surface area contributed by atoms with Crippen LogP contribution in [0, 0.1) is 0 Å². The first-order valence-corrected chi connectivity index (χ1v) is 10.6. The topological polar surface area (TPSA) is 75.3 Å². The summed E-state index contributed by atoms with van der Waals surface area (Å²) in [5.74, 6) is 0.0602. The Morgan fingerprint density at radius 2 is 1.29 bits per heavy atom. The highest BCUT2D eigenvalue weighted by Crippen LogP contribution is 2.44. The summed E-state index contributed by atoms with van der Waals surface area (Å²) >= 11 is 0. The average molecular weight is 430 g/mol. The van der Waals surface area contributed by atoms with Crippen LogP contribution in [0.15, 0.2) is 48.5 Å². The van der Waals surface area contributed by atoms with Crippen molar-refractivity contribution < 1.29 is 28.5 Å². The Morgan fingerprint density at radius 1 is 0.774 bits per heavy atom. The second kappa shape index (κ2) is 13.1. The molecule has 2 aromatic carbocycles. The minimum absolute atomic E-state index is 0.0602. The van der Waals surface area contributed by atoms with Crippen LogP contribution in [-0.4, -0.2) is 72.6 Å². The maximum atomic E-state index is 12.1. The van der Waals surface area contributed by atoms with Gasteiger partial charge in [0.2, 0.25) is 0 Å². The largest absolute Gasteiger partial charge is 0.449 e. The fourth-order valence-electron chi connectivity index (χ4n) is 3.56. The first kappa shape index (κ1) is 23.2. The van der Waals surface area contributed by atoms with Gasteiger partial charge in [-0.05, 0) is 22.3 Å². The van der Waals surface area contributed by atoms with Crippen LogP contribution in [0.1, 0.15) is 17.0 Å². The Morgan fingerprint density at radius 3 is 1.87 bits per heavy atom. The molecule has 0 fully saturated rings. The molecule has 0 spiro atoms. The zero-order valence-corrected chi connectivity index (χ0v) is 18.0. The van der Waals surface area contributed by atoms with Crippen molar-refractivity contribution in [1.29, 1.82) is 0 Å². The number of ether oxygens (including phenoxy) is 5. The standard InChI is InChI=1S/C24H31NO6/c1-27-12-13-29-16-17-30-15-14-28-11-10-25-24(26)31-18-23-21-8-4-2-6-19(21)20-7-3-5-9-22(20)23/h2-9,23H,10-18H2,1H3,(H,25,26). The summed E-state index contributed by atoms with van der Waals surface area (Å²) < 4.78 is 26.5. The summed E-state index contributed by atoms with van der Waals surface area (Å²) in [6, 6.07) is 16.5. The predicted octanol–water partition coefficient (Wildman–Crippen LogP) is 3.22. The van der Waals surface area contributed by atoms with Gasteiger partial charge < -0.3 is 29.0 Å². The lowest BCUT2D eigenvalue weighted by Gasteiger charge is -2.14. The molecule has 7 heteroatoms. The summed E-state index contributed by atoms with van der Waals surface area (Å²) in [6.45, 7) is 4.24. The molecule has 7 nitrogen and oxygen atoms in total. The molecule has 0 saturated heterocycles. The number of benzene rings is 2. The maximum Gasteiger partial charge on any atom is 0.407 e. The van der Waals surface area contributed by atoms with E-state index in [2.05, 4.69) is 29.6 Å². The maximum absolute atomic E-state index is 12.1. The molecular weight excluding hydrogens is 398 g/mol. The van der Waals surface area contributed by atoms with Crippen molar-refractivity contribution in [2.24, 2.45) is 0 Å². The average Bonchev–Trinajstić information content (AvgIpc) is 3.12. The number of carbonyl (C=O) groups is 1. The molecule has 0 atom stereocenters. The molecule has 3 rings (SSSR count). The summed E-state index contributed by atoms with van der Waals surface area (Å²) in [5, 5.41) is 2.73. The van der Waals surface area contributed by atoms with Gasteiger partial charge in [0.05, 0.1) is 46.2 Å². The molecule has 31 heavy (non-hydrogen) atoms. The zero-order chi connectivity index (χ0) is 21.7. The van der Waals surface area contributed by atoms with Crippen molar-refractivity contribution in [1.82, 2.24) is 5.32 Å². The lowest BCUT2D eigenvalue weighted by molar-refractivity contribution is 0.00407. The summed E-state index contributed by atoms with van der Waals surface area (Å²) in [7, 11) is 1.64. The molecule has 0 aromatic heterocycles. The molecule has 1 aliphatic carbocycles. The molecule has 0 unspecified atom stereocenters. The monoisotopic (exact) mass is 429 g/mol. The van der Waals surface area contributed by atoms with Crippen molar-refractivity contribution in [3.8, 4) is 11.1 Å². The van der Waals surface area contributed by atoms with E-state index in [-0.39, 0.29) is 5.92 Å². The molecule has 0 saturated carbocycles. The second-order valence-corrected chi connectivity index (χ2v) is 7.08. The van der Waals surface area contributed by atoms with E-state index >= 15 is 0 Å². The smallest absolute Gasteiger partial charge is 0.407 e. The highest BCUT2D eigenvalue weighted by atomic mass is 16.6. The molecule has 1 amide bonds. The van der Waals surface area contributed by atoms with Gasteiger partial charge in [0.1, 0.15) is 6.61 Å². The van der Waals surface area contributed by atoms with Crippen LogP contribution in [0.4, 0.5) is 4.79 Å². The number of methoxy groups -OCH3 is 1. The Labute approximate surface area is 183 Å². The number of rotatable bonds is 14. The van der Waals surface area contributed by atoms with Gasteiger partial charge in [0.25, 0.3) is 0 Å². The Kier molecular flexibility index (Phi) is 9.79. The number of amides is 1. The van der Waals surface area contributed by atoms with Gasteiger partial charge in [0.15, 0.2) is 0 Å². The molecular formula is C24H31NO6. The van der Waals surface area contributed by atoms with Gasteiger partial charge in [-0.25, -0.2) is 4.79 Å². The van der Waals surface area contributed by atoms with E-state index in [1.54, 1.807) is 7.11 Å². The van der Waals surface area contributed by atoms with Gasteiger partial charge >= 0.3 is 6.09 Å². The minimum Gasteiger partial charge on any atom is -0.449 e. The fourth-order valence-corrected chi connectivity index (χ4v) is 3.56. The van der Waals surface area contributed by atoms with Crippen LogP contribution < -0.4 is 5.32 Å². The fraction of sp³-hybridized carbons (Fsp3) is 0.458. The van der Waals surface area contributed by atoms with Crippen LogP contribution in [0.2, 0.25) is 0 Å². The van der Waals surface area contributed by atoms with Crippen molar-refractivity contribution in [3.63, 3.8) is 0 Å². The van der Waals surface area contributed by atoms with E-state index in [0.717, 1.165) is 0 Å². The van der Waals surface area contributed by atoms with E-state index in [4.69, 9.17) is 23.7 Å². The number of hydrogen-bond donors (Lipinski definition) is 1. The number of hydrogen-bond acceptors (Lipinski definition) is 6. The van der Waals surface area contributed by atoms with E-state index in [1.165, 1.54) is 22.3 Å². The third-order valence-electron chi connectivity index (χ3n) is 5.04. The van der Waals surface area contributed by atoms with Crippen LogP contribution in [0.3, 0.4) is 0 Å². The van der Waals surface area contributed by atoms with E-state index < -0.39 is 6.09 Å². The molecule has 168 valence electrons. The highest BCUT2D eigenvalue weighted by Gasteiger charge is 2.28. The summed E-state index contributed by atoms with van der Waals surface area (Å²) in [5.41, 5.74) is 4.82. The van der Waals surface area contributed by atoms with Crippen LogP contribution in [-0.2, 0) is 23.7 Å². The lowest BCUT2D eigenvalue weighted by atomic mass is 9.98. The molecule has 0 bridgehead atoms. The third kappa shape index (κ3) is 7.04. The molecule has 0 heterocycles. The first-order chi connectivity index (χ1) is 15.3. The van der Waals surface area contributed by atoms with Gasteiger partial charge in [-0.2, -0.15) is 0 Å². The van der Waals surface area contributed by atoms with Crippen LogP contribution >= 0.6 is 0 Å². The van der Waals surface area contributed by atoms with Crippen LogP contribution in [0.25, 0.3) is 11.1 Å². The Balaban J connectivity index is 1.26. The summed E-state index contributed by atoms with van der Waals surface area (Å²) in [6.07, 6.45) is -0.435. The van der Waals surface area contributed by atoms with Crippen molar-refractivity contribution in [2.75, 3.05) is 66.5 Å². The molecule has 0 radical (unpaired) electrons. The predicted molar refractivity (Wildman–Crippen MR) is 117 cm³/mol. The molecule has 1 N–H and O–H groups in total. The highest BCUT2D eigenvalue weighted by molar-refractivity contribution is 5.79.